The Labute approximate surface area is 146 Å². The average Bonchev–Trinajstić information content (AvgIpc) is 2.87. The van der Waals surface area contributed by atoms with Gasteiger partial charge in [-0.3, -0.25) is 4.79 Å². The Morgan fingerprint density at radius 1 is 1.16 bits per heavy atom. The molecule has 0 spiro atoms. The van der Waals surface area contributed by atoms with Crippen molar-refractivity contribution in [1.29, 1.82) is 10.5 Å². The van der Waals surface area contributed by atoms with E-state index >= 15 is 0 Å². The minimum atomic E-state index is -3.75. The standard InChI is InChI=1S/C16H17N5O3S/c1-20(12-15(22)21(10-4-8-17)11-5-9-18)16-13-6-2-3-7-14(13)25(23,24)19-16/h2-3,6-7H,4-5,10-12H2,1H3. The first-order chi connectivity index (χ1) is 11.9. The normalized spacial score (nSPS) is 14.0. The summed E-state index contributed by atoms with van der Waals surface area (Å²) in [5.74, 6) is -0.0815. The summed E-state index contributed by atoms with van der Waals surface area (Å²) in [6, 6.07) is 10.4. The first-order valence-electron chi connectivity index (χ1n) is 7.58. The molecule has 0 atom stereocenters. The molecule has 0 radical (unpaired) electrons. The van der Waals surface area contributed by atoms with E-state index < -0.39 is 10.0 Å². The van der Waals surface area contributed by atoms with Crippen LogP contribution in [0.3, 0.4) is 0 Å². The Morgan fingerprint density at radius 3 is 2.36 bits per heavy atom. The van der Waals surface area contributed by atoms with E-state index in [1.165, 1.54) is 15.9 Å². The van der Waals surface area contributed by atoms with Crippen LogP contribution in [0.1, 0.15) is 18.4 Å². The van der Waals surface area contributed by atoms with Crippen molar-refractivity contribution in [3.05, 3.63) is 29.8 Å². The lowest BCUT2D eigenvalue weighted by Gasteiger charge is -2.25. The van der Waals surface area contributed by atoms with Crippen LogP contribution in [0.15, 0.2) is 33.6 Å². The molecule has 1 heterocycles. The molecule has 0 N–H and O–H groups in total. The van der Waals surface area contributed by atoms with Crippen LogP contribution in [0.5, 0.6) is 0 Å². The van der Waals surface area contributed by atoms with E-state index in [1.807, 2.05) is 12.1 Å². The van der Waals surface area contributed by atoms with E-state index in [0.717, 1.165) is 0 Å². The average molecular weight is 359 g/mol. The van der Waals surface area contributed by atoms with Crippen molar-refractivity contribution in [3.8, 4) is 12.1 Å². The number of sulfonamides is 1. The summed E-state index contributed by atoms with van der Waals surface area (Å²) >= 11 is 0. The maximum Gasteiger partial charge on any atom is 0.285 e. The van der Waals surface area contributed by atoms with Crippen LogP contribution in [-0.2, 0) is 14.8 Å². The number of amides is 1. The van der Waals surface area contributed by atoms with Crippen molar-refractivity contribution in [2.75, 3.05) is 26.7 Å². The van der Waals surface area contributed by atoms with Crippen LogP contribution in [-0.4, -0.2) is 56.6 Å². The minimum Gasteiger partial charge on any atom is -0.349 e. The summed E-state index contributed by atoms with van der Waals surface area (Å²) < 4.78 is 27.9. The van der Waals surface area contributed by atoms with Gasteiger partial charge < -0.3 is 9.80 Å². The highest BCUT2D eigenvalue weighted by Gasteiger charge is 2.31. The van der Waals surface area contributed by atoms with Gasteiger partial charge in [0.1, 0.15) is 4.90 Å². The number of nitriles is 2. The van der Waals surface area contributed by atoms with Crippen molar-refractivity contribution < 1.29 is 13.2 Å². The van der Waals surface area contributed by atoms with Crippen molar-refractivity contribution in [2.45, 2.75) is 17.7 Å². The maximum atomic E-state index is 12.5. The topological polar surface area (TPSA) is 118 Å². The molecule has 0 aromatic heterocycles. The van der Waals surface area contributed by atoms with Crippen LogP contribution >= 0.6 is 0 Å². The van der Waals surface area contributed by atoms with Crippen molar-refractivity contribution in [3.63, 3.8) is 0 Å². The fraction of sp³-hybridized carbons (Fsp3) is 0.375. The zero-order chi connectivity index (χ0) is 18.4. The second-order valence-corrected chi connectivity index (χ2v) is 7.01. The number of hydrogen-bond acceptors (Lipinski definition) is 6. The summed E-state index contributed by atoms with van der Waals surface area (Å²) in [7, 11) is -2.16. The quantitative estimate of drug-likeness (QED) is 0.738. The molecule has 2 rings (SSSR count). The Balaban J connectivity index is 2.16. The number of rotatable bonds is 6. The Kier molecular flexibility index (Phi) is 5.73. The molecular weight excluding hydrogens is 342 g/mol. The highest BCUT2D eigenvalue weighted by atomic mass is 32.2. The lowest BCUT2D eigenvalue weighted by atomic mass is 10.2. The van der Waals surface area contributed by atoms with E-state index in [1.54, 1.807) is 25.2 Å². The monoisotopic (exact) mass is 359 g/mol. The second kappa shape index (κ2) is 7.77. The van der Waals surface area contributed by atoms with Crippen LogP contribution in [0.4, 0.5) is 0 Å². The highest BCUT2D eigenvalue weighted by Crippen LogP contribution is 2.26. The van der Waals surface area contributed by atoms with E-state index in [4.69, 9.17) is 10.5 Å². The van der Waals surface area contributed by atoms with Gasteiger partial charge in [0.15, 0.2) is 5.84 Å². The van der Waals surface area contributed by atoms with Gasteiger partial charge in [-0.2, -0.15) is 18.9 Å². The number of amidine groups is 1. The Bertz CT molecular complexity index is 862. The van der Waals surface area contributed by atoms with Gasteiger partial charge in [-0.25, -0.2) is 0 Å². The molecule has 0 saturated heterocycles. The molecular formula is C16H17N5O3S. The first kappa shape index (κ1) is 18.4. The van der Waals surface area contributed by atoms with Crippen LogP contribution in [0.2, 0.25) is 0 Å². The number of carbonyl (C=O) groups excluding carboxylic acids is 1. The molecule has 25 heavy (non-hydrogen) atoms. The molecule has 130 valence electrons. The number of likely N-dealkylation sites (N-methyl/N-ethyl adjacent to an activating group) is 1. The zero-order valence-electron chi connectivity index (χ0n) is 13.7. The fourth-order valence-electron chi connectivity index (χ4n) is 2.47. The van der Waals surface area contributed by atoms with Gasteiger partial charge >= 0.3 is 0 Å². The summed E-state index contributed by atoms with van der Waals surface area (Å²) in [4.78, 5) is 15.5. The van der Waals surface area contributed by atoms with Crippen LogP contribution in [0.25, 0.3) is 0 Å². The van der Waals surface area contributed by atoms with Gasteiger partial charge in [0, 0.05) is 25.7 Å². The lowest BCUT2D eigenvalue weighted by molar-refractivity contribution is -0.131. The van der Waals surface area contributed by atoms with Crippen LogP contribution in [0, 0.1) is 22.7 Å². The van der Waals surface area contributed by atoms with E-state index in [0.29, 0.717) is 5.56 Å². The molecule has 0 saturated carbocycles. The molecule has 0 fully saturated rings. The van der Waals surface area contributed by atoms with Crippen molar-refractivity contribution >= 4 is 21.8 Å². The predicted molar refractivity (Wildman–Crippen MR) is 89.8 cm³/mol. The first-order valence-corrected chi connectivity index (χ1v) is 9.02. The molecule has 9 heteroatoms. The molecule has 0 bridgehead atoms. The summed E-state index contributed by atoms with van der Waals surface area (Å²) in [5.41, 5.74) is 0.457. The highest BCUT2D eigenvalue weighted by molar-refractivity contribution is 7.90. The largest absolute Gasteiger partial charge is 0.349 e. The van der Waals surface area contributed by atoms with Gasteiger partial charge in [0.25, 0.3) is 10.0 Å². The molecule has 1 amide bonds. The Morgan fingerprint density at radius 2 is 1.76 bits per heavy atom. The third kappa shape index (κ3) is 4.14. The molecule has 1 aromatic carbocycles. The zero-order valence-corrected chi connectivity index (χ0v) is 14.5. The second-order valence-electron chi connectivity index (χ2n) is 5.44. The molecule has 8 nitrogen and oxygen atoms in total. The lowest BCUT2D eigenvalue weighted by Crippen LogP contribution is -2.42. The third-order valence-electron chi connectivity index (χ3n) is 3.69. The smallest absolute Gasteiger partial charge is 0.285 e. The number of carbonyl (C=O) groups is 1. The van der Waals surface area contributed by atoms with Crippen molar-refractivity contribution in [2.24, 2.45) is 4.40 Å². The molecule has 1 aliphatic rings. The van der Waals surface area contributed by atoms with Gasteiger partial charge in [-0.1, -0.05) is 12.1 Å². The molecule has 1 aromatic rings. The van der Waals surface area contributed by atoms with E-state index in [9.17, 15) is 13.2 Å². The number of hydrogen-bond donors (Lipinski definition) is 0. The van der Waals surface area contributed by atoms with Crippen molar-refractivity contribution in [1.82, 2.24) is 9.80 Å². The minimum absolute atomic E-state index is 0.0977. The Hall–Kier alpha value is -2.91. The van der Waals surface area contributed by atoms with Gasteiger partial charge in [-0.05, 0) is 12.1 Å². The number of nitrogens with zero attached hydrogens (tertiary/aromatic N) is 5. The predicted octanol–water partition coefficient (Wildman–Crippen LogP) is 0.723. The number of benzene rings is 1. The van der Waals surface area contributed by atoms with E-state index in [-0.39, 0.29) is 49.1 Å². The fourth-order valence-corrected chi connectivity index (χ4v) is 3.72. The van der Waals surface area contributed by atoms with Gasteiger partial charge in [0.05, 0.1) is 31.5 Å². The van der Waals surface area contributed by atoms with Crippen LogP contribution < -0.4 is 0 Å². The maximum absolute atomic E-state index is 12.5. The summed E-state index contributed by atoms with van der Waals surface area (Å²) in [6.45, 7) is 0.359. The molecule has 1 aliphatic heterocycles. The molecule has 0 unspecified atom stereocenters. The van der Waals surface area contributed by atoms with Gasteiger partial charge in [-0.15, -0.1) is 4.40 Å². The summed E-state index contributed by atoms with van der Waals surface area (Å²) in [6.07, 6.45) is 0.331. The SMILES string of the molecule is CN(CC(=O)N(CCC#N)CCC#N)C1=NS(=O)(=O)c2ccccc21. The summed E-state index contributed by atoms with van der Waals surface area (Å²) in [5, 5.41) is 17.4. The van der Waals surface area contributed by atoms with Gasteiger partial charge in [0.2, 0.25) is 5.91 Å². The molecule has 0 aliphatic carbocycles. The number of fused-ring (bicyclic) bond motifs is 1. The third-order valence-corrected chi connectivity index (χ3v) is 5.01. The van der Waals surface area contributed by atoms with E-state index in [2.05, 4.69) is 4.40 Å².